The van der Waals surface area contributed by atoms with Crippen molar-refractivity contribution in [3.05, 3.63) is 54.2 Å². The monoisotopic (exact) mass is 528 g/mol. The molecule has 0 aliphatic carbocycles. The Balaban J connectivity index is 0.00000241. The number of rotatable bonds is 9. The van der Waals surface area contributed by atoms with Gasteiger partial charge in [-0.05, 0) is 49.4 Å². The van der Waals surface area contributed by atoms with Gasteiger partial charge in [-0.3, -0.25) is 9.59 Å². The van der Waals surface area contributed by atoms with E-state index in [1.807, 2.05) is 48.0 Å². The molecule has 3 aromatic rings. The molecule has 4 rings (SSSR count). The number of carbonyl (C=O) groups excluding carboxylic acids is 2. The number of esters is 1. The standard InChI is InChI=1S/C26H34N6O3.CH4.H2S/c1-3-30-11-13-31(14-12-30)10-9-25(33)35-18-23(27)26(34)29-21-8-7-20-17-28-32(24(20)16-21)22-6-4-5-19(2)15-22;;/h4-8,15-17,23H,3,9-14,18,27H2,1-2H3,(H,29,34);1H4;1H2/t23-;;/m0../s1. The summed E-state index contributed by atoms with van der Waals surface area (Å²) in [5, 5.41) is 8.26. The largest absolute Gasteiger partial charge is 0.463 e. The Bertz CT molecular complexity index is 1180. The maximum Gasteiger partial charge on any atom is 0.307 e. The van der Waals surface area contributed by atoms with Crippen LogP contribution < -0.4 is 11.1 Å². The number of carbonyl (C=O) groups is 2. The van der Waals surface area contributed by atoms with Crippen LogP contribution in [0.5, 0.6) is 0 Å². The van der Waals surface area contributed by atoms with E-state index in [0.29, 0.717) is 18.7 Å². The molecule has 0 spiro atoms. The maximum atomic E-state index is 12.6. The number of likely N-dealkylation sites (N-methyl/N-ethyl adjacent to an activating group) is 1. The third kappa shape index (κ3) is 8.03. The Hall–Kier alpha value is -2.92. The van der Waals surface area contributed by atoms with Crippen LogP contribution in [0.15, 0.2) is 48.7 Å². The normalized spacial score (nSPS) is 14.9. The number of amides is 1. The number of fused-ring (bicyclic) bond motifs is 1. The van der Waals surface area contributed by atoms with Crippen LogP contribution in [0.25, 0.3) is 16.6 Å². The molecule has 1 amide bonds. The summed E-state index contributed by atoms with van der Waals surface area (Å²) in [6, 6.07) is 12.7. The molecule has 3 N–H and O–H groups in total. The van der Waals surface area contributed by atoms with Crippen molar-refractivity contribution in [1.82, 2.24) is 19.6 Å². The highest BCUT2D eigenvalue weighted by Gasteiger charge is 2.19. The van der Waals surface area contributed by atoms with Crippen LogP contribution in [0.1, 0.15) is 26.3 Å². The van der Waals surface area contributed by atoms with Crippen LogP contribution in [-0.2, 0) is 14.3 Å². The molecule has 37 heavy (non-hydrogen) atoms. The number of ether oxygens (including phenoxy) is 1. The molecule has 202 valence electrons. The number of piperazine rings is 1. The number of anilines is 1. The number of hydrogen-bond donors (Lipinski definition) is 2. The van der Waals surface area contributed by atoms with Gasteiger partial charge < -0.3 is 25.6 Å². The SMILES string of the molecule is C.CCN1CCN(CCC(=O)OC[C@H](N)C(=O)Nc2ccc3cnn(-c4cccc(C)c4)c3c2)CC1.S. The van der Waals surface area contributed by atoms with Crippen LogP contribution in [0.4, 0.5) is 5.69 Å². The molecule has 1 aromatic heterocycles. The van der Waals surface area contributed by atoms with Gasteiger partial charge in [-0.15, -0.1) is 0 Å². The van der Waals surface area contributed by atoms with Gasteiger partial charge in [0, 0.05) is 43.8 Å². The van der Waals surface area contributed by atoms with Crippen LogP contribution in [0.2, 0.25) is 0 Å². The number of hydrogen-bond acceptors (Lipinski definition) is 7. The lowest BCUT2D eigenvalue weighted by atomic mass is 10.2. The predicted molar refractivity (Wildman–Crippen MR) is 154 cm³/mol. The topological polar surface area (TPSA) is 106 Å². The minimum absolute atomic E-state index is 0. The molecule has 0 saturated carbocycles. The maximum absolute atomic E-state index is 12.6. The molecule has 1 aliphatic heterocycles. The summed E-state index contributed by atoms with van der Waals surface area (Å²) >= 11 is 0. The number of aryl methyl sites for hydroxylation is 1. The van der Waals surface area contributed by atoms with Crippen LogP contribution >= 0.6 is 13.5 Å². The van der Waals surface area contributed by atoms with E-state index >= 15 is 0 Å². The zero-order chi connectivity index (χ0) is 24.8. The third-order valence-electron chi connectivity index (χ3n) is 6.39. The van der Waals surface area contributed by atoms with E-state index in [-0.39, 0.29) is 33.5 Å². The fourth-order valence-corrected chi connectivity index (χ4v) is 4.21. The van der Waals surface area contributed by atoms with E-state index in [2.05, 4.69) is 27.1 Å². The lowest BCUT2D eigenvalue weighted by Gasteiger charge is -2.33. The van der Waals surface area contributed by atoms with Gasteiger partial charge >= 0.3 is 5.97 Å². The van der Waals surface area contributed by atoms with Crippen molar-refractivity contribution in [3.63, 3.8) is 0 Å². The Labute approximate surface area is 226 Å². The molecule has 9 nitrogen and oxygen atoms in total. The molecular formula is C27H40N6O3S. The summed E-state index contributed by atoms with van der Waals surface area (Å²) in [6.07, 6.45) is 2.08. The highest BCUT2D eigenvalue weighted by molar-refractivity contribution is 7.59. The van der Waals surface area contributed by atoms with Crippen molar-refractivity contribution in [3.8, 4) is 5.69 Å². The number of nitrogens with one attached hydrogen (secondary N) is 1. The smallest absolute Gasteiger partial charge is 0.307 e. The fraction of sp³-hybridized carbons (Fsp3) is 0.444. The summed E-state index contributed by atoms with van der Waals surface area (Å²) in [7, 11) is 0. The molecule has 1 aliphatic rings. The van der Waals surface area contributed by atoms with Crippen molar-refractivity contribution in [2.75, 3.05) is 51.2 Å². The number of nitrogens with two attached hydrogens (primary N) is 1. The first-order chi connectivity index (χ1) is 16.9. The molecule has 1 saturated heterocycles. The minimum atomic E-state index is -0.954. The summed E-state index contributed by atoms with van der Waals surface area (Å²) < 4.78 is 7.10. The number of nitrogens with zero attached hydrogens (tertiary/aromatic N) is 4. The molecule has 1 fully saturated rings. The van der Waals surface area contributed by atoms with Crippen molar-refractivity contribution >= 4 is 42.0 Å². The average molecular weight is 529 g/mol. The summed E-state index contributed by atoms with van der Waals surface area (Å²) in [5.74, 6) is -0.746. The van der Waals surface area contributed by atoms with E-state index in [1.165, 1.54) is 0 Å². The summed E-state index contributed by atoms with van der Waals surface area (Å²) in [4.78, 5) is 29.4. The molecule has 1 atom stereocenters. The molecule has 2 aromatic carbocycles. The Morgan fingerprint density at radius 3 is 2.54 bits per heavy atom. The summed E-state index contributed by atoms with van der Waals surface area (Å²) in [6.45, 7) is 9.70. The first-order valence-electron chi connectivity index (χ1n) is 12.1. The third-order valence-corrected chi connectivity index (χ3v) is 6.39. The van der Waals surface area contributed by atoms with Crippen LogP contribution in [0, 0.1) is 6.92 Å². The zero-order valence-electron chi connectivity index (χ0n) is 20.9. The van der Waals surface area contributed by atoms with Crippen molar-refractivity contribution in [1.29, 1.82) is 0 Å². The molecule has 0 radical (unpaired) electrons. The second-order valence-electron chi connectivity index (χ2n) is 8.97. The number of benzene rings is 2. The Morgan fingerprint density at radius 1 is 1.11 bits per heavy atom. The zero-order valence-corrected chi connectivity index (χ0v) is 21.9. The Morgan fingerprint density at radius 2 is 1.84 bits per heavy atom. The van der Waals surface area contributed by atoms with E-state index in [9.17, 15) is 9.59 Å². The van der Waals surface area contributed by atoms with E-state index in [4.69, 9.17) is 10.5 Å². The lowest BCUT2D eigenvalue weighted by molar-refractivity contribution is -0.145. The Kier molecular flexibility index (Phi) is 11.6. The fourth-order valence-electron chi connectivity index (χ4n) is 4.21. The molecule has 0 unspecified atom stereocenters. The van der Waals surface area contributed by atoms with Gasteiger partial charge in [0.05, 0.1) is 23.8 Å². The van der Waals surface area contributed by atoms with Gasteiger partial charge in [0.1, 0.15) is 12.6 Å². The lowest BCUT2D eigenvalue weighted by Crippen LogP contribution is -2.46. The first-order valence-corrected chi connectivity index (χ1v) is 12.1. The minimum Gasteiger partial charge on any atom is -0.463 e. The quantitative estimate of drug-likeness (QED) is 0.412. The molecule has 2 heterocycles. The van der Waals surface area contributed by atoms with Crippen molar-refractivity contribution in [2.45, 2.75) is 33.7 Å². The van der Waals surface area contributed by atoms with Gasteiger partial charge in [-0.2, -0.15) is 18.6 Å². The summed E-state index contributed by atoms with van der Waals surface area (Å²) in [5.41, 5.74) is 9.54. The highest BCUT2D eigenvalue weighted by Crippen LogP contribution is 2.22. The number of aromatic nitrogens is 2. The van der Waals surface area contributed by atoms with Gasteiger partial charge in [0.25, 0.3) is 0 Å². The van der Waals surface area contributed by atoms with E-state index in [0.717, 1.165) is 54.9 Å². The van der Waals surface area contributed by atoms with Crippen LogP contribution in [-0.4, -0.2) is 83.4 Å². The van der Waals surface area contributed by atoms with Crippen molar-refractivity contribution in [2.24, 2.45) is 5.73 Å². The van der Waals surface area contributed by atoms with Gasteiger partial charge in [0.15, 0.2) is 0 Å². The van der Waals surface area contributed by atoms with Crippen LogP contribution in [0.3, 0.4) is 0 Å². The molecule has 10 heteroatoms. The molecule has 0 bridgehead atoms. The van der Waals surface area contributed by atoms with Gasteiger partial charge in [0.2, 0.25) is 5.91 Å². The predicted octanol–water partition coefficient (Wildman–Crippen LogP) is 2.92. The highest BCUT2D eigenvalue weighted by atomic mass is 32.1. The van der Waals surface area contributed by atoms with Gasteiger partial charge in [-0.25, -0.2) is 4.68 Å². The molecular weight excluding hydrogens is 488 g/mol. The van der Waals surface area contributed by atoms with E-state index in [1.54, 1.807) is 12.3 Å². The van der Waals surface area contributed by atoms with E-state index < -0.39 is 11.9 Å². The second-order valence-corrected chi connectivity index (χ2v) is 8.97. The second kappa shape index (κ2) is 14.1. The van der Waals surface area contributed by atoms with Crippen molar-refractivity contribution < 1.29 is 14.3 Å². The van der Waals surface area contributed by atoms with Gasteiger partial charge in [-0.1, -0.05) is 26.5 Å². The first kappa shape index (κ1) is 30.3. The average Bonchev–Trinajstić information content (AvgIpc) is 3.29.